The van der Waals surface area contributed by atoms with E-state index in [9.17, 15) is 18.0 Å². The Hall–Kier alpha value is -3.09. The Morgan fingerprint density at radius 2 is 1.97 bits per heavy atom. The van der Waals surface area contributed by atoms with E-state index in [1.807, 2.05) is 20.8 Å². The maximum atomic E-state index is 13.1. The molecular formula is C20H24F3N7O2S. The number of rotatable bonds is 3. The van der Waals surface area contributed by atoms with Crippen molar-refractivity contribution in [3.63, 3.8) is 0 Å². The van der Waals surface area contributed by atoms with Crippen LogP contribution in [-0.4, -0.2) is 55.3 Å². The van der Waals surface area contributed by atoms with Crippen LogP contribution in [0.1, 0.15) is 39.2 Å². The van der Waals surface area contributed by atoms with E-state index in [1.165, 1.54) is 22.0 Å². The van der Waals surface area contributed by atoms with Gasteiger partial charge in [0, 0.05) is 30.9 Å². The van der Waals surface area contributed by atoms with Gasteiger partial charge in [-0.15, -0.1) is 5.10 Å². The number of halogens is 3. The fraction of sp³-hybridized carbons (Fsp3) is 0.500. The van der Waals surface area contributed by atoms with E-state index in [4.69, 9.17) is 10.5 Å². The number of nitrogen functional groups attached to an aromatic ring is 1. The third kappa shape index (κ3) is 5.29. The molecule has 0 radical (unpaired) electrons. The highest BCUT2D eigenvalue weighted by Gasteiger charge is 2.34. The third-order valence-corrected chi connectivity index (χ3v) is 5.89. The lowest BCUT2D eigenvalue weighted by atomic mass is 10.1. The van der Waals surface area contributed by atoms with Crippen LogP contribution in [0.5, 0.6) is 0 Å². The van der Waals surface area contributed by atoms with Gasteiger partial charge in [-0.1, -0.05) is 11.3 Å². The number of hydrogen-bond acceptors (Lipinski definition) is 8. The van der Waals surface area contributed by atoms with E-state index in [0.29, 0.717) is 28.9 Å². The van der Waals surface area contributed by atoms with Crippen LogP contribution in [0.3, 0.4) is 0 Å². The molecule has 3 aromatic heterocycles. The molecule has 0 unspecified atom stereocenters. The summed E-state index contributed by atoms with van der Waals surface area (Å²) in [6, 6.07) is 1.07. The number of anilines is 2. The van der Waals surface area contributed by atoms with Crippen LogP contribution < -0.4 is 11.1 Å². The molecule has 3 aromatic rings. The van der Waals surface area contributed by atoms with Gasteiger partial charge in [0.25, 0.3) is 0 Å². The van der Waals surface area contributed by atoms with Gasteiger partial charge < -0.3 is 20.7 Å². The molecule has 33 heavy (non-hydrogen) atoms. The molecule has 1 saturated heterocycles. The first-order valence-electron chi connectivity index (χ1n) is 10.3. The summed E-state index contributed by atoms with van der Waals surface area (Å²) >= 11 is 1.29. The predicted molar refractivity (Wildman–Crippen MR) is 118 cm³/mol. The molecule has 1 aliphatic heterocycles. The number of nitrogens with zero attached hydrogens (tertiary/aromatic N) is 5. The maximum Gasteiger partial charge on any atom is 0.419 e. The van der Waals surface area contributed by atoms with Crippen molar-refractivity contribution in [2.45, 2.75) is 51.4 Å². The normalized spacial score (nSPS) is 15.8. The van der Waals surface area contributed by atoms with Crippen molar-refractivity contribution in [3.05, 3.63) is 24.0 Å². The number of ether oxygens (including phenoxy) is 1. The fourth-order valence-corrected chi connectivity index (χ4v) is 4.31. The van der Waals surface area contributed by atoms with Crippen LogP contribution in [-0.2, 0) is 10.9 Å². The van der Waals surface area contributed by atoms with Crippen molar-refractivity contribution in [2.24, 2.45) is 0 Å². The Morgan fingerprint density at radius 3 is 2.58 bits per heavy atom. The summed E-state index contributed by atoms with van der Waals surface area (Å²) in [7, 11) is 0. The predicted octanol–water partition coefficient (Wildman–Crippen LogP) is 4.27. The highest BCUT2D eigenvalue weighted by atomic mass is 32.1. The average molecular weight is 484 g/mol. The molecule has 0 aliphatic carbocycles. The van der Waals surface area contributed by atoms with Crippen LogP contribution in [0.25, 0.3) is 16.2 Å². The SMILES string of the molecule is CC(C)(C)OC(=O)N1CCC(Nc2nn3cc(-c4cnc(N)c(C(F)(F)F)c4)nc3s2)CC1. The van der Waals surface area contributed by atoms with Gasteiger partial charge in [0.15, 0.2) is 0 Å². The molecule has 1 aliphatic rings. The minimum atomic E-state index is -4.60. The van der Waals surface area contributed by atoms with Crippen LogP contribution in [0, 0.1) is 0 Å². The molecule has 13 heteroatoms. The molecule has 4 rings (SSSR count). The second-order valence-electron chi connectivity index (χ2n) is 8.80. The smallest absolute Gasteiger partial charge is 0.419 e. The molecule has 0 bridgehead atoms. The number of hydrogen-bond donors (Lipinski definition) is 2. The summed E-state index contributed by atoms with van der Waals surface area (Å²) in [6.07, 6.45) is -0.622. The molecule has 1 fully saturated rings. The molecule has 3 N–H and O–H groups in total. The number of likely N-dealkylation sites (tertiary alicyclic amines) is 1. The van der Waals surface area contributed by atoms with E-state index in [-0.39, 0.29) is 17.7 Å². The fourth-order valence-electron chi connectivity index (χ4n) is 3.45. The second-order valence-corrected chi connectivity index (χ2v) is 9.76. The zero-order valence-corrected chi connectivity index (χ0v) is 19.1. The average Bonchev–Trinajstić information content (AvgIpc) is 3.25. The Labute approximate surface area is 191 Å². The minimum Gasteiger partial charge on any atom is -0.444 e. The summed E-state index contributed by atoms with van der Waals surface area (Å²) in [5.74, 6) is -0.574. The Kier molecular flexibility index (Phi) is 5.85. The van der Waals surface area contributed by atoms with Crippen molar-refractivity contribution < 1.29 is 22.7 Å². The van der Waals surface area contributed by atoms with E-state index in [0.717, 1.165) is 18.9 Å². The summed E-state index contributed by atoms with van der Waals surface area (Å²) in [5, 5.41) is 8.43. The van der Waals surface area contributed by atoms with Gasteiger partial charge in [-0.05, 0) is 39.7 Å². The van der Waals surface area contributed by atoms with Crippen molar-refractivity contribution in [1.29, 1.82) is 0 Å². The second kappa shape index (κ2) is 8.36. The molecule has 178 valence electrons. The summed E-state index contributed by atoms with van der Waals surface area (Å²) in [4.78, 5) is 22.5. The number of carbonyl (C=O) groups is 1. The number of piperidine rings is 1. The first kappa shape index (κ1) is 23.1. The Bertz CT molecular complexity index is 1130. The summed E-state index contributed by atoms with van der Waals surface area (Å²) in [5.41, 5.74) is 4.37. The van der Waals surface area contributed by atoms with Crippen LogP contribution in [0.2, 0.25) is 0 Å². The maximum absolute atomic E-state index is 13.1. The van der Waals surface area contributed by atoms with Crippen molar-refractivity contribution >= 4 is 33.3 Å². The number of carbonyl (C=O) groups excluding carboxylic acids is 1. The van der Waals surface area contributed by atoms with Gasteiger partial charge in [0.05, 0.1) is 17.5 Å². The van der Waals surface area contributed by atoms with E-state index in [2.05, 4.69) is 20.4 Å². The zero-order valence-electron chi connectivity index (χ0n) is 18.3. The minimum absolute atomic E-state index is 0.134. The number of nitrogens with two attached hydrogens (primary N) is 1. The number of fused-ring (bicyclic) bond motifs is 1. The van der Waals surface area contributed by atoms with E-state index < -0.39 is 23.2 Å². The van der Waals surface area contributed by atoms with Crippen molar-refractivity contribution in [3.8, 4) is 11.3 Å². The van der Waals surface area contributed by atoms with Gasteiger partial charge in [-0.25, -0.2) is 19.3 Å². The molecule has 0 spiro atoms. The van der Waals surface area contributed by atoms with Crippen molar-refractivity contribution in [1.82, 2.24) is 24.5 Å². The number of nitrogens with one attached hydrogen (secondary N) is 1. The number of pyridine rings is 1. The zero-order chi connectivity index (χ0) is 24.0. The van der Waals surface area contributed by atoms with Gasteiger partial charge in [0.1, 0.15) is 11.4 Å². The summed E-state index contributed by atoms with van der Waals surface area (Å²) < 4.78 is 46.3. The van der Waals surface area contributed by atoms with Gasteiger partial charge in [-0.3, -0.25) is 0 Å². The molecular weight excluding hydrogens is 459 g/mol. The van der Waals surface area contributed by atoms with Crippen molar-refractivity contribution in [2.75, 3.05) is 24.1 Å². The number of aromatic nitrogens is 4. The first-order valence-corrected chi connectivity index (χ1v) is 11.1. The van der Waals surface area contributed by atoms with Crippen LogP contribution in [0.4, 0.5) is 28.9 Å². The Morgan fingerprint density at radius 1 is 1.27 bits per heavy atom. The van der Waals surface area contributed by atoms with Crippen LogP contribution >= 0.6 is 11.3 Å². The van der Waals surface area contributed by atoms with E-state index >= 15 is 0 Å². The lowest BCUT2D eigenvalue weighted by Gasteiger charge is -2.33. The topological polar surface area (TPSA) is 111 Å². The van der Waals surface area contributed by atoms with Gasteiger partial charge in [-0.2, -0.15) is 13.2 Å². The number of alkyl halides is 3. The molecule has 9 nitrogen and oxygen atoms in total. The number of imidazole rings is 1. The van der Waals surface area contributed by atoms with E-state index in [1.54, 1.807) is 11.1 Å². The highest BCUT2D eigenvalue weighted by Crippen LogP contribution is 2.35. The molecule has 0 saturated carbocycles. The molecule has 1 amide bonds. The monoisotopic (exact) mass is 483 g/mol. The highest BCUT2D eigenvalue weighted by molar-refractivity contribution is 7.20. The molecule has 0 atom stereocenters. The van der Waals surface area contributed by atoms with Gasteiger partial charge >= 0.3 is 12.3 Å². The Balaban J connectivity index is 1.40. The lowest BCUT2D eigenvalue weighted by molar-refractivity contribution is -0.137. The first-order chi connectivity index (χ1) is 15.4. The van der Waals surface area contributed by atoms with Gasteiger partial charge in [0.2, 0.25) is 10.1 Å². The largest absolute Gasteiger partial charge is 0.444 e. The quantitative estimate of drug-likeness (QED) is 0.573. The number of amides is 1. The molecule has 0 aromatic carbocycles. The van der Waals surface area contributed by atoms with Crippen LogP contribution in [0.15, 0.2) is 18.5 Å². The summed E-state index contributed by atoms with van der Waals surface area (Å²) in [6.45, 7) is 6.66. The lowest BCUT2D eigenvalue weighted by Crippen LogP contribution is -2.44. The standard InChI is InChI=1S/C20H24F3N7O2S/c1-19(2,3)32-18(31)29-6-4-12(5-7-29)26-16-28-30-10-14(27-17(30)33-16)11-8-13(20(21,22)23)15(24)25-9-11/h8-10,12H,4-7H2,1-3H3,(H2,24,25)(H,26,28). The third-order valence-electron chi connectivity index (χ3n) is 5.04. The molecule has 4 heterocycles.